The number of aryl methyl sites for hydroxylation is 2. The van der Waals surface area contributed by atoms with Crippen molar-refractivity contribution in [3.05, 3.63) is 64.2 Å². The minimum absolute atomic E-state index is 0.0113. The highest BCUT2D eigenvalue weighted by Gasteiger charge is 2.32. The number of carbonyl (C=O) groups excluding carboxylic acids is 2. The molecule has 0 amide bonds. The third-order valence-electron chi connectivity index (χ3n) is 5.31. The van der Waals surface area contributed by atoms with Gasteiger partial charge in [0.15, 0.2) is 5.78 Å². The molecule has 4 nitrogen and oxygen atoms in total. The number of hydrogen-bond donors (Lipinski definition) is 0. The molecule has 3 aromatic rings. The van der Waals surface area contributed by atoms with Gasteiger partial charge in [0, 0.05) is 22.1 Å². The average molecular weight is 360 g/mol. The summed E-state index contributed by atoms with van der Waals surface area (Å²) >= 11 is 0. The van der Waals surface area contributed by atoms with E-state index in [2.05, 4.69) is 26.0 Å². The van der Waals surface area contributed by atoms with E-state index >= 15 is 0 Å². The van der Waals surface area contributed by atoms with E-state index in [1.54, 1.807) is 26.2 Å². The summed E-state index contributed by atoms with van der Waals surface area (Å²) in [6, 6.07) is 11.5. The lowest BCUT2D eigenvalue weighted by molar-refractivity contribution is 0.0534. The molecule has 0 unspecified atom stereocenters. The minimum atomic E-state index is -0.339. The summed E-state index contributed by atoms with van der Waals surface area (Å²) in [6.45, 7) is 5.86. The van der Waals surface area contributed by atoms with Crippen molar-refractivity contribution in [3.8, 4) is 16.9 Å². The monoisotopic (exact) mass is 360 g/mol. The van der Waals surface area contributed by atoms with E-state index in [0.29, 0.717) is 16.9 Å². The first-order valence-electron chi connectivity index (χ1n) is 8.84. The van der Waals surface area contributed by atoms with E-state index in [0.717, 1.165) is 38.6 Å². The Balaban J connectivity index is 2.13. The maximum Gasteiger partial charge on any atom is 0.339 e. The van der Waals surface area contributed by atoms with Crippen molar-refractivity contribution in [2.75, 3.05) is 7.11 Å². The van der Waals surface area contributed by atoms with Crippen molar-refractivity contribution >= 4 is 22.5 Å². The molecule has 0 saturated heterocycles. The van der Waals surface area contributed by atoms with Crippen molar-refractivity contribution in [3.63, 3.8) is 0 Å². The Labute approximate surface area is 157 Å². The van der Waals surface area contributed by atoms with Crippen LogP contribution in [0.3, 0.4) is 0 Å². The quantitative estimate of drug-likeness (QED) is 0.487. The highest BCUT2D eigenvalue weighted by Crippen LogP contribution is 2.45. The molecule has 0 bridgehead atoms. The maximum absolute atomic E-state index is 12.6. The number of ketones is 1. The molecule has 0 aromatic heterocycles. The number of rotatable bonds is 3. The van der Waals surface area contributed by atoms with Gasteiger partial charge in [-0.15, -0.1) is 0 Å². The molecule has 0 N–H and O–H groups in total. The van der Waals surface area contributed by atoms with Gasteiger partial charge < -0.3 is 9.47 Å². The second-order valence-electron chi connectivity index (χ2n) is 6.95. The lowest BCUT2D eigenvalue weighted by Gasteiger charge is -2.17. The number of fused-ring (bicyclic) bond motifs is 2. The molecule has 0 spiro atoms. The third kappa shape index (κ3) is 2.60. The second-order valence-corrected chi connectivity index (χ2v) is 6.95. The molecule has 4 heteroatoms. The predicted octanol–water partition coefficient (Wildman–Crippen LogP) is 5.01. The van der Waals surface area contributed by atoms with Gasteiger partial charge in [0.05, 0.1) is 12.7 Å². The van der Waals surface area contributed by atoms with Crippen LogP contribution in [0.4, 0.5) is 0 Å². The molecule has 136 valence electrons. The van der Waals surface area contributed by atoms with Gasteiger partial charge in [-0.25, -0.2) is 4.79 Å². The minimum Gasteiger partial charge on any atom is -0.496 e. The molecular formula is C23H20O4. The number of benzene rings is 3. The third-order valence-corrected chi connectivity index (χ3v) is 5.31. The number of Topliss-reactive ketones (excluding diaryl/α,β-unsaturated/α-hetero) is 1. The molecule has 4 rings (SSSR count). The Hall–Kier alpha value is -3.14. The van der Waals surface area contributed by atoms with Crippen LogP contribution in [0.2, 0.25) is 0 Å². The SMILES string of the molecule is COc1c2c(c(-c3ccc(C(C)=O)cc3)c3cc(C)c(C)cc13)C(=O)OC2. The Morgan fingerprint density at radius 3 is 2.22 bits per heavy atom. The Kier molecular flexibility index (Phi) is 3.99. The van der Waals surface area contributed by atoms with Crippen molar-refractivity contribution in [2.24, 2.45) is 0 Å². The number of cyclic esters (lactones) is 1. The lowest BCUT2D eigenvalue weighted by atomic mass is 9.87. The molecule has 1 aliphatic heterocycles. The van der Waals surface area contributed by atoms with E-state index in [1.165, 1.54) is 0 Å². The first kappa shape index (κ1) is 17.3. The van der Waals surface area contributed by atoms with Gasteiger partial charge in [-0.05, 0) is 48.9 Å². The average Bonchev–Trinajstić information content (AvgIpc) is 3.02. The fraction of sp³-hybridized carbons (Fsp3) is 0.217. The number of carbonyl (C=O) groups is 2. The molecule has 1 aliphatic rings. The van der Waals surface area contributed by atoms with Crippen molar-refractivity contribution in [1.82, 2.24) is 0 Å². The molecule has 0 fully saturated rings. The summed E-state index contributed by atoms with van der Waals surface area (Å²) in [5, 5.41) is 1.91. The van der Waals surface area contributed by atoms with Gasteiger partial charge in [-0.2, -0.15) is 0 Å². The van der Waals surface area contributed by atoms with Crippen LogP contribution in [-0.4, -0.2) is 18.9 Å². The van der Waals surface area contributed by atoms with Gasteiger partial charge in [0.1, 0.15) is 12.4 Å². The summed E-state index contributed by atoms with van der Waals surface area (Å²) in [4.78, 5) is 24.2. The molecule has 0 radical (unpaired) electrons. The van der Waals surface area contributed by atoms with E-state index < -0.39 is 0 Å². The van der Waals surface area contributed by atoms with Crippen LogP contribution >= 0.6 is 0 Å². The molecule has 0 saturated carbocycles. The first-order chi connectivity index (χ1) is 12.9. The Morgan fingerprint density at radius 1 is 1.00 bits per heavy atom. The van der Waals surface area contributed by atoms with E-state index in [1.807, 2.05) is 12.1 Å². The highest BCUT2D eigenvalue weighted by molar-refractivity contribution is 6.13. The molecule has 1 heterocycles. The zero-order chi connectivity index (χ0) is 19.3. The van der Waals surface area contributed by atoms with Crippen molar-refractivity contribution < 1.29 is 19.1 Å². The normalized spacial score (nSPS) is 12.8. The number of esters is 1. The summed E-state index contributed by atoms with van der Waals surface area (Å²) in [5.74, 6) is 0.365. The molecular weight excluding hydrogens is 340 g/mol. The molecule has 27 heavy (non-hydrogen) atoms. The zero-order valence-corrected chi connectivity index (χ0v) is 15.8. The first-order valence-corrected chi connectivity index (χ1v) is 8.84. The van der Waals surface area contributed by atoms with Crippen molar-refractivity contribution in [2.45, 2.75) is 27.4 Å². The standard InChI is InChI=1S/C23H20O4/c1-12-9-17-18(10-13(12)2)22(26-4)19-11-27-23(25)21(19)20(17)16-7-5-15(6-8-16)14(3)24/h5-10H,11H2,1-4H3. The predicted molar refractivity (Wildman–Crippen MR) is 105 cm³/mol. The van der Waals surface area contributed by atoms with E-state index in [9.17, 15) is 9.59 Å². The van der Waals surface area contributed by atoms with Gasteiger partial charge in [-0.1, -0.05) is 30.3 Å². The lowest BCUT2D eigenvalue weighted by Crippen LogP contribution is -2.02. The fourth-order valence-corrected chi connectivity index (χ4v) is 3.75. The molecule has 3 aromatic carbocycles. The maximum atomic E-state index is 12.6. The Bertz CT molecular complexity index is 1110. The number of hydrogen-bond acceptors (Lipinski definition) is 4. The largest absolute Gasteiger partial charge is 0.496 e. The van der Waals surface area contributed by atoms with Crippen LogP contribution in [0.5, 0.6) is 5.75 Å². The summed E-state index contributed by atoms with van der Waals surface area (Å²) < 4.78 is 11.0. The fourth-order valence-electron chi connectivity index (χ4n) is 3.75. The van der Waals surface area contributed by atoms with Crippen molar-refractivity contribution in [1.29, 1.82) is 0 Å². The van der Waals surface area contributed by atoms with Crippen LogP contribution in [0.25, 0.3) is 21.9 Å². The van der Waals surface area contributed by atoms with Crippen LogP contribution < -0.4 is 4.74 Å². The Morgan fingerprint density at radius 2 is 1.63 bits per heavy atom. The van der Waals surface area contributed by atoms with E-state index in [4.69, 9.17) is 9.47 Å². The van der Waals surface area contributed by atoms with Gasteiger partial charge in [-0.3, -0.25) is 4.79 Å². The summed E-state index contributed by atoms with van der Waals surface area (Å²) in [5.41, 5.74) is 5.98. The highest BCUT2D eigenvalue weighted by atomic mass is 16.5. The van der Waals surface area contributed by atoms with Crippen LogP contribution in [-0.2, 0) is 11.3 Å². The van der Waals surface area contributed by atoms with Gasteiger partial charge in [0.2, 0.25) is 0 Å². The van der Waals surface area contributed by atoms with E-state index in [-0.39, 0.29) is 18.4 Å². The molecule has 0 atom stereocenters. The topological polar surface area (TPSA) is 52.6 Å². The van der Waals surface area contributed by atoms with Crippen LogP contribution in [0, 0.1) is 13.8 Å². The van der Waals surface area contributed by atoms with Crippen LogP contribution in [0.1, 0.15) is 44.3 Å². The second kappa shape index (κ2) is 6.23. The van der Waals surface area contributed by atoms with Gasteiger partial charge >= 0.3 is 5.97 Å². The number of methoxy groups -OCH3 is 1. The zero-order valence-electron chi connectivity index (χ0n) is 15.8. The number of ether oxygens (including phenoxy) is 2. The van der Waals surface area contributed by atoms with Gasteiger partial charge in [0.25, 0.3) is 0 Å². The smallest absolute Gasteiger partial charge is 0.339 e. The summed E-state index contributed by atoms with van der Waals surface area (Å²) in [6.07, 6.45) is 0. The van der Waals surface area contributed by atoms with Crippen LogP contribution in [0.15, 0.2) is 36.4 Å². The summed E-state index contributed by atoms with van der Waals surface area (Å²) in [7, 11) is 1.62. The molecule has 0 aliphatic carbocycles.